The van der Waals surface area contributed by atoms with Crippen LogP contribution in [0.3, 0.4) is 0 Å². The van der Waals surface area contributed by atoms with Crippen molar-refractivity contribution in [3.8, 4) is 0 Å². The van der Waals surface area contributed by atoms with Gasteiger partial charge >= 0.3 is 0 Å². The maximum Gasteiger partial charge on any atom is 0.264 e. The smallest absolute Gasteiger partial charge is 0.264 e. The third-order valence-electron chi connectivity index (χ3n) is 3.19. The Bertz CT molecular complexity index is 822. The van der Waals surface area contributed by atoms with Crippen LogP contribution < -0.4 is 5.32 Å². The zero-order valence-electron chi connectivity index (χ0n) is 12.9. The lowest BCUT2D eigenvalue weighted by atomic mass is 10.1. The summed E-state index contributed by atoms with van der Waals surface area (Å²) in [4.78, 5) is 21.1. The van der Waals surface area contributed by atoms with Gasteiger partial charge in [0.05, 0.1) is 22.6 Å². The number of thioether (sulfide) groups is 1. The summed E-state index contributed by atoms with van der Waals surface area (Å²) in [6, 6.07) is 9.74. The lowest BCUT2D eigenvalue weighted by Crippen LogP contribution is -2.26. The quantitative estimate of drug-likeness (QED) is 0.850. The highest BCUT2D eigenvalue weighted by Crippen LogP contribution is 2.27. The van der Waals surface area contributed by atoms with E-state index in [-0.39, 0.29) is 12.5 Å². The van der Waals surface area contributed by atoms with Gasteiger partial charge in [-0.1, -0.05) is 12.1 Å². The second kappa shape index (κ2) is 6.14. The minimum atomic E-state index is -0.893. The van der Waals surface area contributed by atoms with E-state index in [1.54, 1.807) is 20.0 Å². The van der Waals surface area contributed by atoms with E-state index in [2.05, 4.69) is 15.3 Å². The SMILES string of the molecule is CC(C)(O)CN=C1NC(=O)C(=Cc2ccc3ncccc3c2)S1. The third-order valence-corrected chi connectivity index (χ3v) is 4.13. The van der Waals surface area contributed by atoms with Crippen molar-refractivity contribution < 1.29 is 9.90 Å². The zero-order valence-corrected chi connectivity index (χ0v) is 13.7. The Balaban J connectivity index is 1.82. The van der Waals surface area contributed by atoms with Crippen molar-refractivity contribution in [2.75, 3.05) is 6.54 Å². The van der Waals surface area contributed by atoms with E-state index in [4.69, 9.17) is 0 Å². The fourth-order valence-electron chi connectivity index (χ4n) is 2.10. The number of hydrogen-bond donors (Lipinski definition) is 2. The van der Waals surface area contributed by atoms with Gasteiger partial charge in [0, 0.05) is 11.6 Å². The Kier molecular flexibility index (Phi) is 4.19. The minimum Gasteiger partial charge on any atom is -0.389 e. The maximum atomic E-state index is 12.0. The molecule has 2 N–H and O–H groups in total. The van der Waals surface area contributed by atoms with E-state index in [0.717, 1.165) is 16.5 Å². The van der Waals surface area contributed by atoms with E-state index >= 15 is 0 Å². The van der Waals surface area contributed by atoms with Crippen LogP contribution in [0.2, 0.25) is 0 Å². The van der Waals surface area contributed by atoms with Crippen molar-refractivity contribution in [3.63, 3.8) is 0 Å². The van der Waals surface area contributed by atoms with Crippen molar-refractivity contribution in [3.05, 3.63) is 47.0 Å². The minimum absolute atomic E-state index is 0.171. The molecule has 1 fully saturated rings. The van der Waals surface area contributed by atoms with E-state index < -0.39 is 5.60 Å². The molecule has 0 radical (unpaired) electrons. The Hall–Kier alpha value is -2.18. The van der Waals surface area contributed by atoms with Crippen molar-refractivity contribution in [2.45, 2.75) is 19.4 Å². The molecule has 1 aliphatic rings. The lowest BCUT2D eigenvalue weighted by Gasteiger charge is -2.13. The predicted molar refractivity (Wildman–Crippen MR) is 94.1 cm³/mol. The van der Waals surface area contributed by atoms with Crippen LogP contribution in [-0.4, -0.2) is 33.3 Å². The number of pyridine rings is 1. The first kappa shape index (κ1) is 15.7. The first-order valence-electron chi connectivity index (χ1n) is 7.23. The Labute approximate surface area is 138 Å². The van der Waals surface area contributed by atoms with Crippen molar-refractivity contribution in [1.29, 1.82) is 0 Å². The molecule has 0 aliphatic carbocycles. The first-order chi connectivity index (χ1) is 10.9. The van der Waals surface area contributed by atoms with Crippen LogP contribution in [0.25, 0.3) is 17.0 Å². The number of rotatable bonds is 3. The van der Waals surface area contributed by atoms with Gasteiger partial charge in [0.15, 0.2) is 5.17 Å². The van der Waals surface area contributed by atoms with Crippen molar-refractivity contribution in [1.82, 2.24) is 10.3 Å². The number of aliphatic hydroxyl groups is 1. The maximum absolute atomic E-state index is 12.0. The van der Waals surface area contributed by atoms with E-state index in [1.807, 2.05) is 36.4 Å². The number of hydrogen-bond acceptors (Lipinski definition) is 5. The molecule has 2 heterocycles. The third kappa shape index (κ3) is 3.97. The number of nitrogens with one attached hydrogen (secondary N) is 1. The highest BCUT2D eigenvalue weighted by atomic mass is 32.2. The monoisotopic (exact) mass is 327 g/mol. The summed E-state index contributed by atoms with van der Waals surface area (Å²) in [5.41, 5.74) is 0.966. The van der Waals surface area contributed by atoms with Gasteiger partial charge < -0.3 is 10.4 Å². The van der Waals surface area contributed by atoms with Gasteiger partial charge in [0.25, 0.3) is 5.91 Å². The molecule has 2 aromatic rings. The highest BCUT2D eigenvalue weighted by molar-refractivity contribution is 8.18. The fourth-order valence-corrected chi connectivity index (χ4v) is 2.92. The molecule has 3 rings (SSSR count). The van der Waals surface area contributed by atoms with Gasteiger partial charge in [0.1, 0.15) is 0 Å². The lowest BCUT2D eigenvalue weighted by molar-refractivity contribution is -0.115. The number of fused-ring (bicyclic) bond motifs is 1. The molecule has 1 aromatic heterocycles. The average Bonchev–Trinajstić information content (AvgIpc) is 2.85. The molecule has 1 aromatic carbocycles. The standard InChI is InChI=1S/C17H17N3O2S/c1-17(2,22)10-19-16-20-15(21)14(23-16)9-11-5-6-13-12(8-11)4-3-7-18-13/h3-9,22H,10H2,1-2H3,(H,19,20,21). The van der Waals surface area contributed by atoms with Gasteiger partial charge in [-0.25, -0.2) is 0 Å². The molecule has 0 atom stereocenters. The number of nitrogens with zero attached hydrogens (tertiary/aromatic N) is 2. The first-order valence-corrected chi connectivity index (χ1v) is 8.05. The molecule has 118 valence electrons. The van der Waals surface area contributed by atoms with Crippen LogP contribution in [0, 0.1) is 0 Å². The molecular weight excluding hydrogens is 310 g/mol. The summed E-state index contributed by atoms with van der Waals surface area (Å²) in [5, 5.41) is 14.0. The van der Waals surface area contributed by atoms with Gasteiger partial charge in [-0.3, -0.25) is 14.8 Å². The normalized spacial score (nSPS) is 18.8. The Morgan fingerprint density at radius 3 is 3.00 bits per heavy atom. The van der Waals surface area contributed by atoms with Gasteiger partial charge in [-0.15, -0.1) is 0 Å². The predicted octanol–water partition coefficient (Wildman–Crippen LogP) is 2.57. The van der Waals surface area contributed by atoms with Crippen LogP contribution in [-0.2, 0) is 4.79 Å². The number of amidine groups is 1. The Morgan fingerprint density at radius 1 is 1.39 bits per heavy atom. The summed E-state index contributed by atoms with van der Waals surface area (Å²) in [6.45, 7) is 3.60. The average molecular weight is 327 g/mol. The molecular formula is C17H17N3O2S. The van der Waals surface area contributed by atoms with Crippen LogP contribution in [0.5, 0.6) is 0 Å². The van der Waals surface area contributed by atoms with Gasteiger partial charge in [-0.2, -0.15) is 0 Å². The number of carbonyl (C=O) groups excluding carboxylic acids is 1. The number of aliphatic imine (C=N–C) groups is 1. The second-order valence-corrected chi connectivity index (χ2v) is 6.98. The second-order valence-electron chi connectivity index (χ2n) is 5.95. The van der Waals surface area contributed by atoms with Gasteiger partial charge in [-0.05, 0) is 55.4 Å². The van der Waals surface area contributed by atoms with Crippen LogP contribution in [0.15, 0.2) is 46.4 Å². The molecule has 1 amide bonds. The van der Waals surface area contributed by atoms with Crippen LogP contribution in [0.1, 0.15) is 19.4 Å². The molecule has 0 unspecified atom stereocenters. The molecule has 0 saturated carbocycles. The Morgan fingerprint density at radius 2 is 2.22 bits per heavy atom. The van der Waals surface area contributed by atoms with Crippen molar-refractivity contribution >= 4 is 39.8 Å². The number of carbonyl (C=O) groups is 1. The van der Waals surface area contributed by atoms with Crippen LogP contribution in [0.4, 0.5) is 0 Å². The summed E-state index contributed by atoms with van der Waals surface area (Å²) in [6.07, 6.45) is 3.59. The zero-order chi connectivity index (χ0) is 16.4. The van der Waals surface area contributed by atoms with E-state index in [9.17, 15) is 9.90 Å². The fraction of sp³-hybridized carbons (Fsp3) is 0.235. The molecule has 6 heteroatoms. The summed E-state index contributed by atoms with van der Waals surface area (Å²) >= 11 is 1.28. The number of benzene rings is 1. The molecule has 0 bridgehead atoms. The molecule has 5 nitrogen and oxygen atoms in total. The van der Waals surface area contributed by atoms with E-state index in [0.29, 0.717) is 10.1 Å². The molecule has 1 saturated heterocycles. The van der Waals surface area contributed by atoms with Gasteiger partial charge in [0.2, 0.25) is 0 Å². The molecule has 23 heavy (non-hydrogen) atoms. The number of aromatic nitrogens is 1. The van der Waals surface area contributed by atoms with Crippen molar-refractivity contribution in [2.24, 2.45) is 4.99 Å². The highest BCUT2D eigenvalue weighted by Gasteiger charge is 2.24. The summed E-state index contributed by atoms with van der Waals surface area (Å²) in [7, 11) is 0. The topological polar surface area (TPSA) is 74.6 Å². The number of amides is 1. The largest absolute Gasteiger partial charge is 0.389 e. The molecule has 0 spiro atoms. The summed E-state index contributed by atoms with van der Waals surface area (Å²) in [5.74, 6) is -0.171. The van der Waals surface area contributed by atoms with Crippen LogP contribution >= 0.6 is 11.8 Å². The molecule has 1 aliphatic heterocycles. The summed E-state index contributed by atoms with van der Waals surface area (Å²) < 4.78 is 0. The van der Waals surface area contributed by atoms with E-state index in [1.165, 1.54) is 11.8 Å².